The first kappa shape index (κ1) is 30.3. The van der Waals surface area contributed by atoms with Gasteiger partial charge in [0.15, 0.2) is 0 Å². The van der Waals surface area contributed by atoms with Crippen LogP contribution in [0.3, 0.4) is 0 Å². The molecule has 0 unspecified atom stereocenters. The molecule has 0 bridgehead atoms. The molecule has 1 fully saturated rings. The normalized spacial score (nSPS) is 23.0. The summed E-state index contributed by atoms with van der Waals surface area (Å²) in [6.45, 7) is 23.2. The molecule has 1 saturated carbocycles. The molecule has 0 heterocycles. The Labute approximate surface area is 222 Å². The molecule has 1 aliphatic rings. The van der Waals surface area contributed by atoms with E-state index in [0.717, 1.165) is 46.3 Å². The SMILES string of the molecule is CC1C(C)C(C)C(C)C1C.[CH2-]c1ccccc1.[CH2-]c1ccccc1.[CH2-]c1ccccc1.[U]. The number of hydrogen-bond acceptors (Lipinski definition) is 0. The first-order valence-corrected chi connectivity index (χ1v) is 11.3. The Balaban J connectivity index is 0.000000401. The Kier molecular flexibility index (Phi) is 16.0. The van der Waals surface area contributed by atoms with E-state index >= 15 is 0 Å². The van der Waals surface area contributed by atoms with Crippen molar-refractivity contribution in [2.24, 2.45) is 29.6 Å². The van der Waals surface area contributed by atoms with Crippen molar-refractivity contribution in [1.29, 1.82) is 0 Å². The molecule has 0 radical (unpaired) electrons. The minimum Gasteiger partial charge on any atom is -0.199 e. The molecule has 32 heavy (non-hydrogen) atoms. The van der Waals surface area contributed by atoms with Crippen LogP contribution in [0.5, 0.6) is 0 Å². The van der Waals surface area contributed by atoms with Gasteiger partial charge in [-0.05, 0) is 29.6 Å². The largest absolute Gasteiger partial charge is 0.199 e. The Bertz CT molecular complexity index is 664. The minimum atomic E-state index is 0. The van der Waals surface area contributed by atoms with Crippen molar-refractivity contribution in [3.8, 4) is 0 Å². The summed E-state index contributed by atoms with van der Waals surface area (Å²) in [4.78, 5) is 0. The summed E-state index contributed by atoms with van der Waals surface area (Å²) < 4.78 is 0. The summed E-state index contributed by atoms with van der Waals surface area (Å²) in [7, 11) is 0. The molecule has 0 atom stereocenters. The second-order valence-electron chi connectivity index (χ2n) is 8.75. The van der Waals surface area contributed by atoms with Gasteiger partial charge in [-0.15, -0.1) is 36.4 Å². The Morgan fingerprint density at radius 1 is 0.375 bits per heavy atom. The molecular formula is C31H41U-3. The molecule has 0 saturated heterocycles. The molecule has 0 aromatic heterocycles. The fourth-order valence-corrected chi connectivity index (χ4v) is 3.83. The van der Waals surface area contributed by atoms with Crippen LogP contribution in [0.2, 0.25) is 0 Å². The van der Waals surface area contributed by atoms with Gasteiger partial charge < -0.3 is 0 Å². The van der Waals surface area contributed by atoms with E-state index in [1.807, 2.05) is 91.0 Å². The molecular weight excluding hydrogens is 610 g/mol. The van der Waals surface area contributed by atoms with Crippen LogP contribution in [-0.4, -0.2) is 0 Å². The maximum atomic E-state index is 3.72. The first-order chi connectivity index (χ1) is 14.7. The molecule has 172 valence electrons. The van der Waals surface area contributed by atoms with E-state index in [1.165, 1.54) is 0 Å². The van der Waals surface area contributed by atoms with Gasteiger partial charge in [0.05, 0.1) is 0 Å². The molecule has 3 aromatic carbocycles. The zero-order valence-electron chi connectivity index (χ0n) is 20.7. The number of rotatable bonds is 0. The third-order valence-corrected chi connectivity index (χ3v) is 6.68. The van der Waals surface area contributed by atoms with Gasteiger partial charge in [0.25, 0.3) is 0 Å². The van der Waals surface area contributed by atoms with E-state index in [9.17, 15) is 0 Å². The molecule has 1 heteroatoms. The van der Waals surface area contributed by atoms with E-state index in [-0.39, 0.29) is 31.1 Å². The number of hydrogen-bond donors (Lipinski definition) is 0. The van der Waals surface area contributed by atoms with E-state index in [2.05, 4.69) is 55.4 Å². The quantitative estimate of drug-likeness (QED) is 0.213. The van der Waals surface area contributed by atoms with Crippen molar-refractivity contribution in [2.45, 2.75) is 34.6 Å². The van der Waals surface area contributed by atoms with Gasteiger partial charge in [0, 0.05) is 31.1 Å². The van der Waals surface area contributed by atoms with E-state index in [4.69, 9.17) is 0 Å². The predicted octanol–water partition coefficient (Wildman–Crippen LogP) is 8.79. The van der Waals surface area contributed by atoms with Crippen LogP contribution in [0.1, 0.15) is 51.3 Å². The molecule has 0 N–H and O–H groups in total. The van der Waals surface area contributed by atoms with Crippen LogP contribution >= 0.6 is 0 Å². The fourth-order valence-electron chi connectivity index (χ4n) is 3.83. The van der Waals surface area contributed by atoms with Crippen molar-refractivity contribution < 1.29 is 31.1 Å². The van der Waals surface area contributed by atoms with Crippen LogP contribution in [-0.2, 0) is 0 Å². The third-order valence-electron chi connectivity index (χ3n) is 6.68. The Morgan fingerprint density at radius 2 is 0.531 bits per heavy atom. The van der Waals surface area contributed by atoms with Crippen molar-refractivity contribution in [3.05, 3.63) is 128 Å². The molecule has 1 aliphatic carbocycles. The van der Waals surface area contributed by atoms with Crippen LogP contribution in [0.4, 0.5) is 0 Å². The monoisotopic (exact) mass is 651 g/mol. The molecule has 0 nitrogen and oxygen atoms in total. The van der Waals surface area contributed by atoms with Crippen LogP contribution in [0, 0.1) is 81.5 Å². The van der Waals surface area contributed by atoms with Gasteiger partial charge in [-0.1, -0.05) is 52.8 Å². The van der Waals surface area contributed by atoms with Crippen LogP contribution in [0.15, 0.2) is 91.0 Å². The van der Waals surface area contributed by atoms with Crippen molar-refractivity contribution in [3.63, 3.8) is 0 Å². The van der Waals surface area contributed by atoms with Gasteiger partial charge in [-0.3, -0.25) is 0 Å². The zero-order chi connectivity index (χ0) is 23.2. The van der Waals surface area contributed by atoms with Gasteiger partial charge in [-0.25, -0.2) is 0 Å². The van der Waals surface area contributed by atoms with Gasteiger partial charge >= 0.3 is 0 Å². The van der Waals surface area contributed by atoms with Gasteiger partial charge in [0.1, 0.15) is 0 Å². The summed E-state index contributed by atoms with van der Waals surface area (Å²) in [5, 5.41) is 0. The first-order valence-electron chi connectivity index (χ1n) is 11.3. The van der Waals surface area contributed by atoms with E-state index < -0.39 is 0 Å². The average Bonchev–Trinajstić information content (AvgIpc) is 2.94. The topological polar surface area (TPSA) is 0 Å². The summed E-state index contributed by atoms with van der Waals surface area (Å²) in [5.74, 6) is 4.68. The summed E-state index contributed by atoms with van der Waals surface area (Å²) in [6.07, 6.45) is 0. The predicted molar refractivity (Wildman–Crippen MR) is 139 cm³/mol. The maximum absolute atomic E-state index is 3.72. The molecule has 0 spiro atoms. The van der Waals surface area contributed by atoms with Crippen molar-refractivity contribution >= 4 is 0 Å². The second-order valence-corrected chi connectivity index (χ2v) is 8.75. The molecule has 0 amide bonds. The van der Waals surface area contributed by atoms with Gasteiger partial charge in [0.2, 0.25) is 0 Å². The molecule has 4 rings (SSSR count). The summed E-state index contributed by atoms with van der Waals surface area (Å²) >= 11 is 0. The Morgan fingerprint density at radius 3 is 0.625 bits per heavy atom. The van der Waals surface area contributed by atoms with Crippen LogP contribution in [0.25, 0.3) is 0 Å². The summed E-state index contributed by atoms with van der Waals surface area (Å²) in [5.41, 5.74) is 3.22. The second kappa shape index (κ2) is 16.9. The van der Waals surface area contributed by atoms with E-state index in [1.54, 1.807) is 0 Å². The third kappa shape index (κ3) is 11.8. The maximum Gasteiger partial charge on any atom is 0 e. The van der Waals surface area contributed by atoms with Crippen molar-refractivity contribution in [2.75, 3.05) is 0 Å². The van der Waals surface area contributed by atoms with Gasteiger partial charge in [-0.2, -0.15) is 73.9 Å². The molecule has 0 aliphatic heterocycles. The van der Waals surface area contributed by atoms with Crippen LogP contribution < -0.4 is 0 Å². The van der Waals surface area contributed by atoms with E-state index in [0.29, 0.717) is 0 Å². The zero-order valence-corrected chi connectivity index (χ0v) is 24.8. The van der Waals surface area contributed by atoms with Crippen molar-refractivity contribution in [1.82, 2.24) is 0 Å². The fraction of sp³-hybridized carbons (Fsp3) is 0.323. The standard InChI is InChI=1S/C10H20.3C7H7.U/c1-6-7(2)9(4)10(5)8(6)3;3*1-7-5-3-2-4-6-7;/h6-10H,1-5H3;3*2-6H,1H2;/q;3*-1;. The number of benzene rings is 3. The Hall–Kier alpha value is -1.68. The minimum absolute atomic E-state index is 0. The summed E-state index contributed by atoms with van der Waals surface area (Å²) in [6, 6.07) is 29.6. The molecule has 3 aromatic rings. The average molecular weight is 652 g/mol. The smallest absolute Gasteiger partial charge is 0 e.